The molecular formula is C42H89ClN2. The minimum absolute atomic E-state index is 0. The highest BCUT2D eigenvalue weighted by Crippen LogP contribution is 2.23. The van der Waals surface area contributed by atoms with E-state index in [1.807, 2.05) is 0 Å². The zero-order chi connectivity index (χ0) is 32.2. The molecule has 0 aliphatic heterocycles. The Bertz CT molecular complexity index is 487. The fourth-order valence-corrected chi connectivity index (χ4v) is 7.38. The van der Waals surface area contributed by atoms with Crippen LogP contribution in [0.15, 0.2) is 0 Å². The molecule has 0 heterocycles. The van der Waals surface area contributed by atoms with Gasteiger partial charge in [0.25, 0.3) is 0 Å². The second kappa shape index (κ2) is 38.7. The molecule has 2 nitrogen and oxygen atoms in total. The molecule has 3 heteroatoms. The highest BCUT2D eigenvalue weighted by Gasteiger charge is 2.26. The Morgan fingerprint density at radius 3 is 0.800 bits per heavy atom. The normalized spacial score (nSPS) is 11.9. The lowest BCUT2D eigenvalue weighted by atomic mass is 9.97. The summed E-state index contributed by atoms with van der Waals surface area (Å²) in [4.78, 5) is 0. The van der Waals surface area contributed by atoms with Gasteiger partial charge in [0.1, 0.15) is 0 Å². The zero-order valence-electron chi connectivity index (χ0n) is 32.1. The summed E-state index contributed by atoms with van der Waals surface area (Å²) < 4.78 is 1.19. The van der Waals surface area contributed by atoms with Gasteiger partial charge in [-0.2, -0.15) is 0 Å². The number of hydrogen-bond acceptors (Lipinski definition) is 1. The smallest absolute Gasteiger partial charge is 0.0886 e. The third-order valence-corrected chi connectivity index (χ3v) is 10.7. The number of halogens is 1. The van der Waals surface area contributed by atoms with E-state index in [9.17, 15) is 0 Å². The Hall–Kier alpha value is 0.210. The van der Waals surface area contributed by atoms with Gasteiger partial charge < -0.3 is 22.6 Å². The molecule has 45 heavy (non-hydrogen) atoms. The second-order valence-corrected chi connectivity index (χ2v) is 15.5. The van der Waals surface area contributed by atoms with Crippen LogP contribution in [0.4, 0.5) is 0 Å². The van der Waals surface area contributed by atoms with Gasteiger partial charge >= 0.3 is 0 Å². The molecule has 0 aromatic carbocycles. The number of hydrogen-bond donors (Lipinski definition) is 1. The van der Waals surface area contributed by atoms with Crippen molar-refractivity contribution >= 4 is 0 Å². The van der Waals surface area contributed by atoms with E-state index in [1.165, 1.54) is 236 Å². The average Bonchev–Trinajstić information content (AvgIpc) is 3.02. The Balaban J connectivity index is 0. The fourth-order valence-electron chi connectivity index (χ4n) is 7.38. The van der Waals surface area contributed by atoms with Crippen LogP contribution in [-0.2, 0) is 0 Å². The van der Waals surface area contributed by atoms with E-state index in [0.717, 1.165) is 12.6 Å². The van der Waals surface area contributed by atoms with Crippen molar-refractivity contribution in [2.75, 3.05) is 27.2 Å². The monoisotopic (exact) mass is 657 g/mol. The first-order valence-corrected chi connectivity index (χ1v) is 21.1. The van der Waals surface area contributed by atoms with E-state index in [1.54, 1.807) is 0 Å². The van der Waals surface area contributed by atoms with Gasteiger partial charge in [-0.15, -0.1) is 0 Å². The molecule has 0 fully saturated rings. The average molecular weight is 658 g/mol. The third-order valence-electron chi connectivity index (χ3n) is 10.7. The van der Waals surface area contributed by atoms with E-state index < -0.39 is 0 Å². The van der Waals surface area contributed by atoms with E-state index in [0.29, 0.717) is 0 Å². The van der Waals surface area contributed by atoms with Gasteiger partial charge in [0.15, 0.2) is 0 Å². The summed E-state index contributed by atoms with van der Waals surface area (Å²) in [5, 5.41) is 0. The molecule has 274 valence electrons. The van der Waals surface area contributed by atoms with Crippen LogP contribution in [0.25, 0.3) is 0 Å². The molecule has 0 rings (SSSR count). The lowest BCUT2D eigenvalue weighted by molar-refractivity contribution is -0.916. The van der Waals surface area contributed by atoms with Crippen LogP contribution < -0.4 is 18.1 Å². The minimum Gasteiger partial charge on any atom is -1.00 e. The van der Waals surface area contributed by atoms with E-state index in [2.05, 4.69) is 27.9 Å². The first-order chi connectivity index (χ1) is 21.6. The molecule has 0 radical (unpaired) electrons. The Morgan fingerprint density at radius 2 is 0.578 bits per heavy atom. The Kier molecular flexibility index (Phi) is 40.7. The summed E-state index contributed by atoms with van der Waals surface area (Å²) >= 11 is 0. The van der Waals surface area contributed by atoms with Crippen LogP contribution in [0, 0.1) is 0 Å². The first kappa shape index (κ1) is 47.3. The number of nitrogens with zero attached hydrogens (tertiary/aromatic N) is 1. The molecule has 0 saturated heterocycles. The van der Waals surface area contributed by atoms with Crippen LogP contribution in [-0.4, -0.2) is 37.7 Å². The summed E-state index contributed by atoms with van der Waals surface area (Å²) in [6.07, 6.45) is 50.7. The van der Waals surface area contributed by atoms with Gasteiger partial charge in [0.05, 0.1) is 26.7 Å². The molecule has 0 aliphatic rings. The minimum atomic E-state index is 0. The molecule has 0 saturated carbocycles. The van der Waals surface area contributed by atoms with Crippen molar-refractivity contribution in [3.05, 3.63) is 0 Å². The topological polar surface area (TPSA) is 26.0 Å². The largest absolute Gasteiger partial charge is 1.00 e. The van der Waals surface area contributed by atoms with Gasteiger partial charge in [-0.1, -0.05) is 206 Å². The van der Waals surface area contributed by atoms with E-state index in [4.69, 9.17) is 5.73 Å². The van der Waals surface area contributed by atoms with Gasteiger partial charge in [0, 0.05) is 6.42 Å². The fraction of sp³-hybridized carbons (Fsp3) is 1.00. The summed E-state index contributed by atoms with van der Waals surface area (Å²) in [5.74, 6) is 0. The second-order valence-electron chi connectivity index (χ2n) is 15.5. The Morgan fingerprint density at radius 1 is 0.356 bits per heavy atom. The molecule has 2 N–H and O–H groups in total. The van der Waals surface area contributed by atoms with Gasteiger partial charge in [-0.05, 0) is 32.2 Å². The number of quaternary nitrogens is 1. The van der Waals surface area contributed by atoms with Gasteiger partial charge in [0.2, 0.25) is 0 Å². The van der Waals surface area contributed by atoms with Crippen molar-refractivity contribution in [2.45, 2.75) is 245 Å². The highest BCUT2D eigenvalue weighted by atomic mass is 35.5. The summed E-state index contributed by atoms with van der Waals surface area (Å²) in [5.41, 5.74) is 5.91. The van der Waals surface area contributed by atoms with Crippen LogP contribution in [0.2, 0.25) is 0 Å². The summed E-state index contributed by atoms with van der Waals surface area (Å²) in [6, 6.07) is 0.833. The number of rotatable bonds is 38. The van der Waals surface area contributed by atoms with Crippen LogP contribution in [0.3, 0.4) is 0 Å². The van der Waals surface area contributed by atoms with Crippen LogP contribution >= 0.6 is 0 Å². The number of unbranched alkanes of at least 4 members (excludes halogenated alkanes) is 30. The molecular weight excluding hydrogens is 568 g/mol. The standard InChI is InChI=1S/C42H89N2.ClH/c1-5-7-9-11-13-15-17-19-21-23-25-27-29-31-33-35-38-42(44(3,4)41-37-40-43)39-36-34-32-30-28-26-24-22-20-18-16-14-12-10-8-6-2;/h42H,5-41,43H2,1-4H3;1H/q+1;/p-1. The van der Waals surface area contributed by atoms with Crippen molar-refractivity contribution in [3.63, 3.8) is 0 Å². The first-order valence-electron chi connectivity index (χ1n) is 21.1. The van der Waals surface area contributed by atoms with Crippen molar-refractivity contribution < 1.29 is 16.9 Å². The molecule has 0 amide bonds. The maximum atomic E-state index is 5.91. The highest BCUT2D eigenvalue weighted by molar-refractivity contribution is 4.62. The van der Waals surface area contributed by atoms with Crippen molar-refractivity contribution in [2.24, 2.45) is 5.73 Å². The van der Waals surface area contributed by atoms with Crippen LogP contribution in [0.1, 0.15) is 239 Å². The maximum Gasteiger partial charge on any atom is 0.0886 e. The molecule has 0 aliphatic carbocycles. The van der Waals surface area contributed by atoms with Gasteiger partial charge in [-0.3, -0.25) is 0 Å². The van der Waals surface area contributed by atoms with E-state index in [-0.39, 0.29) is 12.4 Å². The lowest BCUT2D eigenvalue weighted by Crippen LogP contribution is -3.00. The van der Waals surface area contributed by atoms with Crippen molar-refractivity contribution in [1.29, 1.82) is 0 Å². The molecule has 0 bridgehead atoms. The van der Waals surface area contributed by atoms with Crippen LogP contribution in [0.5, 0.6) is 0 Å². The zero-order valence-corrected chi connectivity index (χ0v) is 32.9. The molecule has 0 atom stereocenters. The Labute approximate surface area is 293 Å². The quantitative estimate of drug-likeness (QED) is 0.0519. The maximum absolute atomic E-state index is 5.91. The molecule has 0 aromatic rings. The summed E-state index contributed by atoms with van der Waals surface area (Å²) in [6.45, 7) is 6.71. The SMILES string of the molecule is CCCCCCCCCCCCCCCCCCC(CCCCCCCCCCCCCCCCCC)[N+](C)(C)CCCN.[Cl-]. The molecule has 0 aromatic heterocycles. The predicted octanol–water partition coefficient (Wildman–Crippen LogP) is 11.1. The third kappa shape index (κ3) is 35.3. The lowest BCUT2D eigenvalue weighted by Gasteiger charge is -2.38. The molecule has 0 spiro atoms. The number of nitrogens with two attached hydrogens (primary N) is 1. The van der Waals surface area contributed by atoms with Crippen molar-refractivity contribution in [3.8, 4) is 0 Å². The van der Waals surface area contributed by atoms with Gasteiger partial charge in [-0.25, -0.2) is 0 Å². The van der Waals surface area contributed by atoms with Crippen molar-refractivity contribution in [1.82, 2.24) is 0 Å². The molecule has 0 unspecified atom stereocenters. The summed E-state index contributed by atoms with van der Waals surface area (Å²) in [7, 11) is 4.97. The predicted molar refractivity (Wildman–Crippen MR) is 203 cm³/mol. The van der Waals surface area contributed by atoms with E-state index >= 15 is 0 Å².